The number of benzene rings is 1. The van der Waals surface area contributed by atoms with Gasteiger partial charge in [-0.15, -0.1) is 0 Å². The lowest BCUT2D eigenvalue weighted by Gasteiger charge is -2.07. The third-order valence-corrected chi connectivity index (χ3v) is 3.96. The number of hydrogen-bond acceptors (Lipinski definition) is 5. The van der Waals surface area contributed by atoms with Gasteiger partial charge < -0.3 is 10.7 Å². The molecule has 0 radical (unpaired) electrons. The summed E-state index contributed by atoms with van der Waals surface area (Å²) < 4.78 is 0. The van der Waals surface area contributed by atoms with Crippen molar-refractivity contribution in [2.24, 2.45) is 0 Å². The zero-order valence-electron chi connectivity index (χ0n) is 11.5. The van der Waals surface area contributed by atoms with E-state index >= 15 is 0 Å². The van der Waals surface area contributed by atoms with E-state index < -0.39 is 0 Å². The van der Waals surface area contributed by atoms with Crippen LogP contribution in [0.5, 0.6) is 0 Å². The smallest absolute Gasteiger partial charge is 0.253 e. The van der Waals surface area contributed by atoms with Crippen LogP contribution >= 0.6 is 11.8 Å². The van der Waals surface area contributed by atoms with E-state index in [0.29, 0.717) is 10.9 Å². The van der Waals surface area contributed by atoms with Crippen molar-refractivity contribution >= 4 is 28.5 Å². The number of nitrogens with two attached hydrogens (primary N) is 1. The molecule has 0 spiro atoms. The molecule has 0 amide bonds. The Morgan fingerprint density at radius 1 is 1.24 bits per heavy atom. The molecule has 21 heavy (non-hydrogen) atoms. The fourth-order valence-corrected chi connectivity index (χ4v) is 3.06. The van der Waals surface area contributed by atoms with Crippen molar-refractivity contribution in [3.63, 3.8) is 0 Å². The van der Waals surface area contributed by atoms with E-state index in [4.69, 9.17) is 5.73 Å². The summed E-state index contributed by atoms with van der Waals surface area (Å²) in [6.07, 6.45) is 0. The highest BCUT2D eigenvalue weighted by Crippen LogP contribution is 2.25. The first-order valence-electron chi connectivity index (χ1n) is 6.47. The summed E-state index contributed by atoms with van der Waals surface area (Å²) >= 11 is 1.45. The molecule has 0 aliphatic heterocycles. The van der Waals surface area contributed by atoms with Gasteiger partial charge in [0.1, 0.15) is 5.82 Å². The molecule has 1 aromatic carbocycles. The maximum atomic E-state index is 11.4. The number of para-hydroxylation sites is 1. The molecule has 0 saturated carbocycles. The van der Waals surface area contributed by atoms with Gasteiger partial charge in [0.05, 0.1) is 5.52 Å². The molecule has 3 aromatic rings. The number of hydrogen-bond donors (Lipinski definition) is 2. The molecule has 0 bridgehead atoms. The Bertz CT molecular complexity index is 860. The summed E-state index contributed by atoms with van der Waals surface area (Å²) in [5, 5.41) is 1.64. The average molecular weight is 298 g/mol. The number of aromatic nitrogens is 3. The fourth-order valence-electron chi connectivity index (χ4n) is 2.18. The van der Waals surface area contributed by atoms with Crippen LogP contribution in [0.1, 0.15) is 11.3 Å². The van der Waals surface area contributed by atoms with Crippen LogP contribution in [-0.2, 0) is 5.75 Å². The molecule has 6 heteroatoms. The Labute approximate surface area is 125 Å². The van der Waals surface area contributed by atoms with Crippen molar-refractivity contribution in [1.82, 2.24) is 15.0 Å². The highest BCUT2D eigenvalue weighted by molar-refractivity contribution is 7.98. The predicted molar refractivity (Wildman–Crippen MR) is 85.3 cm³/mol. The van der Waals surface area contributed by atoms with Crippen LogP contribution in [-0.4, -0.2) is 15.0 Å². The van der Waals surface area contributed by atoms with Gasteiger partial charge in [0.15, 0.2) is 5.16 Å². The van der Waals surface area contributed by atoms with Crippen LogP contribution < -0.4 is 11.3 Å². The molecular formula is C15H14N4OS. The van der Waals surface area contributed by atoms with Crippen LogP contribution in [0.4, 0.5) is 5.82 Å². The Morgan fingerprint density at radius 2 is 2.05 bits per heavy atom. The molecule has 0 atom stereocenters. The second-order valence-electron chi connectivity index (χ2n) is 4.70. The minimum absolute atomic E-state index is 0.233. The molecule has 0 aliphatic rings. The standard InChI is InChI=1S/C15H14N4OS/c1-9-6-10(11-4-2-3-5-12(11)17-9)8-21-15-18-13(16)7-14(20)19-15/h2-7H,8H2,1H3,(H3,16,18,19,20). The number of thioether (sulfide) groups is 1. The van der Waals surface area contributed by atoms with Crippen LogP contribution in [0.25, 0.3) is 10.9 Å². The Hall–Kier alpha value is -2.34. The fraction of sp³-hybridized carbons (Fsp3) is 0.133. The van der Waals surface area contributed by atoms with Crippen molar-refractivity contribution in [2.75, 3.05) is 5.73 Å². The molecular weight excluding hydrogens is 284 g/mol. The van der Waals surface area contributed by atoms with Crippen LogP contribution in [0.15, 0.2) is 46.3 Å². The van der Waals surface area contributed by atoms with Gasteiger partial charge in [-0.2, -0.15) is 0 Å². The molecule has 3 N–H and O–H groups in total. The number of nitrogens with one attached hydrogen (secondary N) is 1. The maximum absolute atomic E-state index is 11.4. The number of anilines is 1. The monoisotopic (exact) mass is 298 g/mol. The van der Waals surface area contributed by atoms with E-state index in [-0.39, 0.29) is 11.4 Å². The number of aryl methyl sites for hydroxylation is 1. The second-order valence-corrected chi connectivity index (χ2v) is 5.67. The first-order valence-corrected chi connectivity index (χ1v) is 7.45. The molecule has 0 saturated heterocycles. The first kappa shape index (κ1) is 13.6. The van der Waals surface area contributed by atoms with Crippen molar-refractivity contribution < 1.29 is 0 Å². The highest BCUT2D eigenvalue weighted by atomic mass is 32.2. The number of nitrogens with zero attached hydrogens (tertiary/aromatic N) is 2. The lowest BCUT2D eigenvalue weighted by atomic mass is 10.1. The topological polar surface area (TPSA) is 84.7 Å². The molecule has 0 fully saturated rings. The van der Waals surface area contributed by atoms with E-state index in [0.717, 1.165) is 22.2 Å². The van der Waals surface area contributed by atoms with Gasteiger partial charge in [0.25, 0.3) is 5.56 Å². The number of fused-ring (bicyclic) bond motifs is 1. The van der Waals surface area contributed by atoms with Gasteiger partial charge >= 0.3 is 0 Å². The van der Waals surface area contributed by atoms with Crippen LogP contribution in [0.3, 0.4) is 0 Å². The largest absolute Gasteiger partial charge is 0.383 e. The van der Waals surface area contributed by atoms with Crippen molar-refractivity contribution in [1.29, 1.82) is 0 Å². The normalized spacial score (nSPS) is 10.9. The highest BCUT2D eigenvalue weighted by Gasteiger charge is 2.06. The van der Waals surface area contributed by atoms with E-state index in [9.17, 15) is 4.79 Å². The third-order valence-electron chi connectivity index (χ3n) is 3.03. The number of nitrogen functional groups attached to an aromatic ring is 1. The maximum Gasteiger partial charge on any atom is 0.253 e. The Morgan fingerprint density at radius 3 is 2.86 bits per heavy atom. The summed E-state index contributed by atoms with van der Waals surface area (Å²) in [4.78, 5) is 22.7. The minimum Gasteiger partial charge on any atom is -0.383 e. The lowest BCUT2D eigenvalue weighted by molar-refractivity contribution is 0.945. The van der Waals surface area contributed by atoms with Crippen molar-refractivity contribution in [3.8, 4) is 0 Å². The van der Waals surface area contributed by atoms with Gasteiger partial charge in [-0.3, -0.25) is 9.78 Å². The summed E-state index contributed by atoms with van der Waals surface area (Å²) in [6.45, 7) is 1.97. The summed E-state index contributed by atoms with van der Waals surface area (Å²) in [5.74, 6) is 0.924. The number of pyridine rings is 1. The average Bonchev–Trinajstić information content (AvgIpc) is 2.43. The van der Waals surface area contributed by atoms with Crippen LogP contribution in [0.2, 0.25) is 0 Å². The number of H-pyrrole nitrogens is 1. The molecule has 106 valence electrons. The van der Waals surface area contributed by atoms with Gasteiger partial charge in [0, 0.05) is 22.9 Å². The van der Waals surface area contributed by atoms with Gasteiger partial charge in [-0.25, -0.2) is 4.98 Å². The lowest BCUT2D eigenvalue weighted by Crippen LogP contribution is -2.09. The quantitative estimate of drug-likeness (QED) is 0.573. The zero-order valence-corrected chi connectivity index (χ0v) is 12.3. The molecule has 3 rings (SSSR count). The molecule has 2 heterocycles. The van der Waals surface area contributed by atoms with Gasteiger partial charge in [0.2, 0.25) is 0 Å². The molecule has 0 aliphatic carbocycles. The van der Waals surface area contributed by atoms with Crippen molar-refractivity contribution in [3.05, 3.63) is 58.0 Å². The van der Waals surface area contributed by atoms with E-state index in [2.05, 4.69) is 21.0 Å². The van der Waals surface area contributed by atoms with Gasteiger partial charge in [-0.1, -0.05) is 30.0 Å². The predicted octanol–water partition coefficient (Wildman–Crippen LogP) is 2.50. The number of rotatable bonds is 3. The summed E-state index contributed by atoms with van der Waals surface area (Å²) in [5.41, 5.74) is 8.46. The van der Waals surface area contributed by atoms with E-state index in [1.54, 1.807) is 0 Å². The second kappa shape index (κ2) is 5.57. The summed E-state index contributed by atoms with van der Waals surface area (Å²) in [6, 6.07) is 11.3. The molecule has 0 unspecified atom stereocenters. The third kappa shape index (κ3) is 3.05. The zero-order chi connectivity index (χ0) is 14.8. The van der Waals surface area contributed by atoms with E-state index in [1.165, 1.54) is 17.8 Å². The Kier molecular flexibility index (Phi) is 3.62. The SMILES string of the molecule is Cc1cc(CSc2nc(N)cc(=O)[nH]2)c2ccccc2n1. The van der Waals surface area contributed by atoms with Gasteiger partial charge in [-0.05, 0) is 24.6 Å². The Balaban J connectivity index is 1.93. The molecule has 2 aromatic heterocycles. The molecule has 5 nitrogen and oxygen atoms in total. The summed E-state index contributed by atoms with van der Waals surface area (Å²) in [7, 11) is 0. The number of aromatic amines is 1. The van der Waals surface area contributed by atoms with Crippen LogP contribution in [0, 0.1) is 6.92 Å². The first-order chi connectivity index (χ1) is 10.1. The van der Waals surface area contributed by atoms with E-state index in [1.807, 2.05) is 31.2 Å². The minimum atomic E-state index is -0.235. The van der Waals surface area contributed by atoms with Crippen molar-refractivity contribution in [2.45, 2.75) is 17.8 Å².